The van der Waals surface area contributed by atoms with Crippen LogP contribution in [0.2, 0.25) is 5.02 Å². The predicted molar refractivity (Wildman–Crippen MR) is 83.7 cm³/mol. The summed E-state index contributed by atoms with van der Waals surface area (Å²) in [7, 11) is 0. The lowest BCUT2D eigenvalue weighted by molar-refractivity contribution is -0.137. The Hall–Kier alpha value is -1.75. The molecule has 21 heavy (non-hydrogen) atoms. The van der Waals surface area contributed by atoms with E-state index in [1.807, 2.05) is 0 Å². The van der Waals surface area contributed by atoms with Crippen molar-refractivity contribution in [1.29, 1.82) is 0 Å². The Morgan fingerprint density at radius 2 is 2.10 bits per heavy atom. The summed E-state index contributed by atoms with van der Waals surface area (Å²) in [5.41, 5.74) is 6.31. The molecule has 5 nitrogen and oxygen atoms in total. The molecule has 0 saturated carbocycles. The number of anilines is 1. The molecule has 116 valence electrons. The number of carbonyl (C=O) groups excluding carboxylic acids is 1. The molecule has 1 unspecified atom stereocenters. The molecule has 0 fully saturated rings. The van der Waals surface area contributed by atoms with Crippen molar-refractivity contribution >= 4 is 29.2 Å². The van der Waals surface area contributed by atoms with Crippen molar-refractivity contribution in [3.05, 3.63) is 28.8 Å². The molecule has 1 aromatic rings. The van der Waals surface area contributed by atoms with Gasteiger partial charge < -0.3 is 16.2 Å². The maximum atomic E-state index is 11.1. The predicted octanol–water partition coefficient (Wildman–Crippen LogP) is 3.13. The van der Waals surface area contributed by atoms with Crippen LogP contribution >= 0.6 is 11.6 Å². The summed E-state index contributed by atoms with van der Waals surface area (Å²) in [5, 5.41) is 12.2. The molecule has 1 rings (SSSR count). The van der Waals surface area contributed by atoms with E-state index >= 15 is 0 Å². The van der Waals surface area contributed by atoms with E-state index in [2.05, 4.69) is 12.2 Å². The van der Waals surface area contributed by atoms with Gasteiger partial charge in [-0.3, -0.25) is 9.59 Å². The first kappa shape index (κ1) is 17.3. The van der Waals surface area contributed by atoms with Crippen LogP contribution in [0, 0.1) is 5.92 Å². The molecule has 6 heteroatoms. The molecule has 1 amide bonds. The maximum Gasteiger partial charge on any atom is 0.303 e. The Kier molecular flexibility index (Phi) is 7.02. The van der Waals surface area contributed by atoms with Gasteiger partial charge >= 0.3 is 5.97 Å². The van der Waals surface area contributed by atoms with Crippen molar-refractivity contribution in [3.8, 4) is 0 Å². The van der Waals surface area contributed by atoms with Crippen molar-refractivity contribution in [2.45, 2.75) is 32.6 Å². The summed E-state index contributed by atoms with van der Waals surface area (Å²) in [6.45, 7) is 2.79. The van der Waals surface area contributed by atoms with Crippen molar-refractivity contribution < 1.29 is 14.7 Å². The van der Waals surface area contributed by atoms with Gasteiger partial charge in [0.25, 0.3) is 0 Å². The molecule has 1 aromatic carbocycles. The molecule has 0 aliphatic carbocycles. The number of halogens is 1. The largest absolute Gasteiger partial charge is 0.481 e. The average molecular weight is 313 g/mol. The minimum absolute atomic E-state index is 0.206. The van der Waals surface area contributed by atoms with Crippen molar-refractivity contribution in [2.75, 3.05) is 11.9 Å². The number of carboxylic acids is 1. The van der Waals surface area contributed by atoms with Gasteiger partial charge in [-0.05, 0) is 37.0 Å². The van der Waals surface area contributed by atoms with Crippen LogP contribution in [0.5, 0.6) is 0 Å². The molecule has 0 aliphatic rings. The van der Waals surface area contributed by atoms with Crippen LogP contribution in [0.25, 0.3) is 0 Å². The topological polar surface area (TPSA) is 92.4 Å². The molecule has 0 radical (unpaired) electrons. The number of carbonyl (C=O) groups is 2. The second-order valence-corrected chi connectivity index (χ2v) is 5.39. The molecule has 1 atom stereocenters. The Bertz CT molecular complexity index is 506. The summed E-state index contributed by atoms with van der Waals surface area (Å²) in [6, 6.07) is 5.01. The standard InChI is InChI=1S/C15H21ClN2O3/c1-2-10(3-6-14(19)20)7-8-18-11-4-5-12(15(17)21)13(16)9-11/h4-5,9-10,18H,2-3,6-8H2,1H3,(H2,17,21)(H,19,20). The molecule has 0 aliphatic heterocycles. The van der Waals surface area contributed by atoms with E-state index in [1.165, 1.54) is 0 Å². The number of hydrogen-bond donors (Lipinski definition) is 3. The fourth-order valence-corrected chi connectivity index (χ4v) is 2.40. The van der Waals surface area contributed by atoms with E-state index in [4.69, 9.17) is 22.4 Å². The normalized spacial score (nSPS) is 11.9. The zero-order valence-corrected chi connectivity index (χ0v) is 12.8. The molecular formula is C15H21ClN2O3. The van der Waals surface area contributed by atoms with Gasteiger partial charge in [-0.1, -0.05) is 24.9 Å². The smallest absolute Gasteiger partial charge is 0.303 e. The Morgan fingerprint density at radius 3 is 2.62 bits per heavy atom. The van der Waals surface area contributed by atoms with Gasteiger partial charge in [-0.25, -0.2) is 0 Å². The lowest BCUT2D eigenvalue weighted by atomic mass is 9.96. The SMILES string of the molecule is CCC(CCNc1ccc(C(N)=O)c(Cl)c1)CCC(=O)O. The zero-order valence-electron chi connectivity index (χ0n) is 12.1. The average Bonchev–Trinajstić information content (AvgIpc) is 2.42. The van der Waals surface area contributed by atoms with Gasteiger partial charge in [0.1, 0.15) is 0 Å². The lowest BCUT2D eigenvalue weighted by Crippen LogP contribution is -2.12. The second kappa shape index (κ2) is 8.52. The van der Waals surface area contributed by atoms with E-state index in [0.717, 1.165) is 25.1 Å². The number of rotatable bonds is 9. The van der Waals surface area contributed by atoms with Crippen molar-refractivity contribution in [1.82, 2.24) is 0 Å². The van der Waals surface area contributed by atoms with Gasteiger partial charge in [0, 0.05) is 18.7 Å². The lowest BCUT2D eigenvalue weighted by Gasteiger charge is -2.15. The van der Waals surface area contributed by atoms with Crippen LogP contribution in [-0.4, -0.2) is 23.5 Å². The minimum Gasteiger partial charge on any atom is -0.481 e. The minimum atomic E-state index is -0.754. The molecule has 0 bridgehead atoms. The van der Waals surface area contributed by atoms with Crippen molar-refractivity contribution in [3.63, 3.8) is 0 Å². The third kappa shape index (κ3) is 6.04. The number of nitrogens with two attached hydrogens (primary N) is 1. The second-order valence-electron chi connectivity index (χ2n) is 4.98. The summed E-state index contributed by atoms with van der Waals surface area (Å²) < 4.78 is 0. The number of primary amides is 1. The summed E-state index contributed by atoms with van der Waals surface area (Å²) in [5.74, 6) is -0.921. The van der Waals surface area contributed by atoms with Crippen LogP contribution < -0.4 is 11.1 Å². The van der Waals surface area contributed by atoms with E-state index in [-0.39, 0.29) is 6.42 Å². The fraction of sp³-hybridized carbons (Fsp3) is 0.467. The first-order valence-corrected chi connectivity index (χ1v) is 7.36. The summed E-state index contributed by atoms with van der Waals surface area (Å²) in [6.07, 6.45) is 2.74. The fourth-order valence-electron chi connectivity index (χ4n) is 2.13. The van der Waals surface area contributed by atoms with Crippen molar-refractivity contribution in [2.24, 2.45) is 11.7 Å². The Labute approximate surface area is 129 Å². The third-order valence-corrected chi connectivity index (χ3v) is 3.77. The van der Waals surface area contributed by atoms with Crippen LogP contribution in [-0.2, 0) is 4.79 Å². The molecule has 0 saturated heterocycles. The Morgan fingerprint density at radius 1 is 1.38 bits per heavy atom. The van der Waals surface area contributed by atoms with Gasteiger partial charge in [-0.2, -0.15) is 0 Å². The van der Waals surface area contributed by atoms with Gasteiger partial charge in [0.05, 0.1) is 10.6 Å². The summed E-state index contributed by atoms with van der Waals surface area (Å²) in [4.78, 5) is 21.6. The number of amides is 1. The van der Waals surface area contributed by atoms with E-state index in [9.17, 15) is 9.59 Å². The van der Waals surface area contributed by atoms with E-state index < -0.39 is 11.9 Å². The van der Waals surface area contributed by atoms with Crippen LogP contribution in [0.1, 0.15) is 43.0 Å². The van der Waals surface area contributed by atoms with Gasteiger partial charge in [0.2, 0.25) is 5.91 Å². The molecule has 4 N–H and O–H groups in total. The van der Waals surface area contributed by atoms with E-state index in [1.54, 1.807) is 18.2 Å². The monoisotopic (exact) mass is 312 g/mol. The van der Waals surface area contributed by atoms with Crippen LogP contribution in [0.3, 0.4) is 0 Å². The highest BCUT2D eigenvalue weighted by molar-refractivity contribution is 6.34. The highest BCUT2D eigenvalue weighted by Gasteiger charge is 2.10. The molecule has 0 aromatic heterocycles. The zero-order chi connectivity index (χ0) is 15.8. The molecular weight excluding hydrogens is 292 g/mol. The number of aliphatic carboxylic acids is 1. The molecule has 0 heterocycles. The number of nitrogens with one attached hydrogen (secondary N) is 1. The van der Waals surface area contributed by atoms with Gasteiger partial charge in [-0.15, -0.1) is 0 Å². The number of carboxylic acid groups (broad SMARTS) is 1. The van der Waals surface area contributed by atoms with Gasteiger partial charge in [0.15, 0.2) is 0 Å². The first-order chi connectivity index (χ1) is 9.93. The third-order valence-electron chi connectivity index (χ3n) is 3.46. The number of hydrogen-bond acceptors (Lipinski definition) is 3. The molecule has 0 spiro atoms. The summed E-state index contributed by atoms with van der Waals surface area (Å²) >= 11 is 5.97. The van der Waals surface area contributed by atoms with E-state index in [0.29, 0.717) is 22.9 Å². The Balaban J connectivity index is 2.46. The van der Waals surface area contributed by atoms with Crippen LogP contribution in [0.4, 0.5) is 5.69 Å². The first-order valence-electron chi connectivity index (χ1n) is 6.99. The maximum absolute atomic E-state index is 11.1. The highest BCUT2D eigenvalue weighted by Crippen LogP contribution is 2.21. The highest BCUT2D eigenvalue weighted by atomic mass is 35.5. The number of benzene rings is 1. The quantitative estimate of drug-likeness (QED) is 0.653. The van der Waals surface area contributed by atoms with Crippen LogP contribution in [0.15, 0.2) is 18.2 Å².